The summed E-state index contributed by atoms with van der Waals surface area (Å²) >= 11 is 0. The summed E-state index contributed by atoms with van der Waals surface area (Å²) in [4.78, 5) is 54.5. The lowest BCUT2D eigenvalue weighted by molar-refractivity contribution is -0.141. The molecule has 1 heterocycles. The van der Waals surface area contributed by atoms with E-state index in [9.17, 15) is 19.2 Å². The molecule has 220 valence electrons. The lowest BCUT2D eigenvalue weighted by Crippen LogP contribution is -2.58. The van der Waals surface area contributed by atoms with Gasteiger partial charge in [0, 0.05) is 19.1 Å². The molecule has 4 rings (SSSR count). The van der Waals surface area contributed by atoms with Gasteiger partial charge in [0.25, 0.3) is 5.91 Å². The summed E-state index contributed by atoms with van der Waals surface area (Å²) in [7, 11) is 0. The fraction of sp³-hybridized carbons (Fsp3) is 0.667. The zero-order valence-corrected chi connectivity index (χ0v) is 23.4. The second-order valence-corrected chi connectivity index (χ2v) is 11.2. The van der Waals surface area contributed by atoms with Gasteiger partial charge in [-0.3, -0.25) is 14.4 Å². The maximum Gasteiger partial charge on any atom is 0.318 e. The molecule has 0 radical (unpaired) electrons. The molecule has 0 aromatic heterocycles. The van der Waals surface area contributed by atoms with Crippen molar-refractivity contribution in [2.75, 3.05) is 32.9 Å². The quantitative estimate of drug-likeness (QED) is 0.340. The highest BCUT2D eigenvalue weighted by Gasteiger charge is 2.34. The maximum absolute atomic E-state index is 13.6. The van der Waals surface area contributed by atoms with E-state index in [0.29, 0.717) is 38.6 Å². The molecule has 0 bridgehead atoms. The van der Waals surface area contributed by atoms with E-state index in [2.05, 4.69) is 16.0 Å². The summed E-state index contributed by atoms with van der Waals surface area (Å²) in [6, 6.07) is 7.18. The smallest absolute Gasteiger partial charge is 0.318 e. The van der Waals surface area contributed by atoms with Crippen LogP contribution in [-0.4, -0.2) is 79.6 Å². The number of ether oxygens (including phenoxy) is 2. The molecular weight excluding hydrogens is 512 g/mol. The largest absolute Gasteiger partial charge is 0.378 e. The average Bonchev–Trinajstić information content (AvgIpc) is 3.50. The van der Waals surface area contributed by atoms with Crippen molar-refractivity contribution >= 4 is 23.6 Å². The fourth-order valence-electron chi connectivity index (χ4n) is 5.80. The lowest BCUT2D eigenvalue weighted by Gasteiger charge is -2.31. The van der Waals surface area contributed by atoms with Gasteiger partial charge in [-0.25, -0.2) is 4.79 Å². The van der Waals surface area contributed by atoms with Gasteiger partial charge in [-0.05, 0) is 30.7 Å². The molecule has 2 aliphatic carbocycles. The molecular formula is C30H44N4O6. The predicted molar refractivity (Wildman–Crippen MR) is 149 cm³/mol. The van der Waals surface area contributed by atoms with Crippen LogP contribution in [0.4, 0.5) is 4.79 Å². The zero-order chi connectivity index (χ0) is 28.2. The number of carbonyl (C=O) groups is 4. The van der Waals surface area contributed by atoms with E-state index in [0.717, 1.165) is 56.9 Å². The maximum atomic E-state index is 13.6. The Labute approximate surface area is 236 Å². The molecule has 0 spiro atoms. The van der Waals surface area contributed by atoms with Gasteiger partial charge < -0.3 is 30.3 Å². The van der Waals surface area contributed by atoms with Gasteiger partial charge in [-0.15, -0.1) is 0 Å². The third-order valence-electron chi connectivity index (χ3n) is 8.15. The van der Waals surface area contributed by atoms with E-state index in [1.165, 1.54) is 6.42 Å². The molecule has 1 aliphatic heterocycles. The number of hydrogen-bond donors (Lipinski definition) is 3. The van der Waals surface area contributed by atoms with Crippen LogP contribution in [0.3, 0.4) is 0 Å². The molecule has 40 heavy (non-hydrogen) atoms. The number of ketones is 1. The summed E-state index contributed by atoms with van der Waals surface area (Å²) in [5.41, 5.74) is 0.920. The van der Waals surface area contributed by atoms with Crippen molar-refractivity contribution in [3.63, 3.8) is 0 Å². The first kappa shape index (κ1) is 30.0. The highest BCUT2D eigenvalue weighted by molar-refractivity contribution is 6.38. The minimum atomic E-state index is -1.16. The van der Waals surface area contributed by atoms with Crippen LogP contribution in [-0.2, 0) is 30.5 Å². The number of nitrogens with one attached hydrogen (secondary N) is 3. The Morgan fingerprint density at radius 2 is 1.55 bits per heavy atom. The number of rotatable bonds is 12. The molecule has 1 aromatic rings. The molecule has 10 heteroatoms. The van der Waals surface area contributed by atoms with Gasteiger partial charge in [-0.2, -0.15) is 0 Å². The third kappa shape index (κ3) is 9.30. The molecule has 1 saturated heterocycles. The van der Waals surface area contributed by atoms with Crippen LogP contribution in [0.15, 0.2) is 30.3 Å². The Hall–Kier alpha value is -2.98. The number of urea groups is 1. The molecule has 10 nitrogen and oxygen atoms in total. The van der Waals surface area contributed by atoms with Gasteiger partial charge >= 0.3 is 6.03 Å². The summed E-state index contributed by atoms with van der Waals surface area (Å²) in [6.07, 6.45) is 9.61. The number of morpholine rings is 1. The van der Waals surface area contributed by atoms with Gasteiger partial charge in [0.2, 0.25) is 11.7 Å². The summed E-state index contributed by atoms with van der Waals surface area (Å²) in [5, 5.41) is 8.52. The highest BCUT2D eigenvalue weighted by Crippen LogP contribution is 2.27. The number of nitrogens with zero attached hydrogens (tertiary/aromatic N) is 1. The van der Waals surface area contributed by atoms with E-state index < -0.39 is 29.7 Å². The van der Waals surface area contributed by atoms with Crippen molar-refractivity contribution in [2.24, 2.45) is 5.92 Å². The number of Topliss-reactive ketones (excluding diaryl/α,β-unsaturated/α-hetero) is 1. The topological polar surface area (TPSA) is 126 Å². The Morgan fingerprint density at radius 3 is 2.25 bits per heavy atom. The Balaban J connectivity index is 1.43. The van der Waals surface area contributed by atoms with Crippen molar-refractivity contribution in [3.05, 3.63) is 35.9 Å². The number of carbonyl (C=O) groups excluding carboxylic acids is 4. The van der Waals surface area contributed by atoms with Crippen LogP contribution in [0.25, 0.3) is 0 Å². The van der Waals surface area contributed by atoms with Crippen molar-refractivity contribution in [3.8, 4) is 0 Å². The van der Waals surface area contributed by atoms with Crippen LogP contribution >= 0.6 is 0 Å². The third-order valence-corrected chi connectivity index (χ3v) is 8.15. The second-order valence-electron chi connectivity index (χ2n) is 11.2. The lowest BCUT2D eigenvalue weighted by atomic mass is 9.84. The molecule has 4 amide bonds. The standard InChI is InChI=1S/C30H44N4O6/c35-27(29(37)31-24-13-7-8-14-24)26(21-40-20-23-11-5-2-6-12-23)32-28(36)25(19-22-9-3-1-4-10-22)33-30(38)34-15-17-39-18-16-34/h2,5-6,11-12,22,24-26H,1,3-4,7-10,13-21H2,(H,31,37)(H,32,36)(H,33,38)/t25-,26-/m0/s1. The van der Waals surface area contributed by atoms with E-state index in [1.54, 1.807) is 4.90 Å². The zero-order valence-electron chi connectivity index (χ0n) is 23.4. The molecule has 3 N–H and O–H groups in total. The van der Waals surface area contributed by atoms with Gasteiger partial charge in [-0.1, -0.05) is 75.3 Å². The highest BCUT2D eigenvalue weighted by atomic mass is 16.5. The fourth-order valence-corrected chi connectivity index (χ4v) is 5.80. The number of benzene rings is 1. The monoisotopic (exact) mass is 556 g/mol. The SMILES string of the molecule is O=C(NC1CCCC1)C(=O)[C@H](COCc1ccccc1)NC(=O)[C@H](CC1CCCCC1)NC(=O)N1CCOCC1. The van der Waals surface area contributed by atoms with Crippen molar-refractivity contribution in [1.29, 1.82) is 0 Å². The van der Waals surface area contributed by atoms with Crippen LogP contribution in [0, 0.1) is 5.92 Å². The summed E-state index contributed by atoms with van der Waals surface area (Å²) in [6.45, 7) is 1.92. The van der Waals surface area contributed by atoms with Crippen LogP contribution in [0.1, 0.15) is 69.8 Å². The van der Waals surface area contributed by atoms with E-state index in [-0.39, 0.29) is 25.3 Å². The van der Waals surface area contributed by atoms with Crippen LogP contribution < -0.4 is 16.0 Å². The molecule has 3 fully saturated rings. The van der Waals surface area contributed by atoms with Gasteiger partial charge in [0.05, 0.1) is 26.4 Å². The summed E-state index contributed by atoms with van der Waals surface area (Å²) in [5.74, 6) is -1.60. The van der Waals surface area contributed by atoms with Crippen LogP contribution in [0.5, 0.6) is 0 Å². The Kier molecular flexibility index (Phi) is 11.8. The first-order valence-corrected chi connectivity index (χ1v) is 14.9. The molecule has 1 aromatic carbocycles. The van der Waals surface area contributed by atoms with Gasteiger partial charge in [0.15, 0.2) is 0 Å². The van der Waals surface area contributed by atoms with E-state index in [4.69, 9.17) is 9.47 Å². The van der Waals surface area contributed by atoms with E-state index in [1.807, 2.05) is 30.3 Å². The van der Waals surface area contributed by atoms with Gasteiger partial charge in [0.1, 0.15) is 12.1 Å². The first-order chi connectivity index (χ1) is 19.5. The number of amides is 4. The molecule has 3 aliphatic rings. The number of hydrogen-bond acceptors (Lipinski definition) is 6. The van der Waals surface area contributed by atoms with Crippen molar-refractivity contribution in [1.82, 2.24) is 20.9 Å². The van der Waals surface area contributed by atoms with E-state index >= 15 is 0 Å². The average molecular weight is 557 g/mol. The second kappa shape index (κ2) is 15.7. The minimum absolute atomic E-state index is 0.0232. The molecule has 2 atom stereocenters. The molecule has 2 saturated carbocycles. The predicted octanol–water partition coefficient (Wildman–Crippen LogP) is 2.70. The van der Waals surface area contributed by atoms with Crippen molar-refractivity contribution in [2.45, 2.75) is 88.9 Å². The normalized spacial score (nSPS) is 19.9. The Morgan fingerprint density at radius 1 is 0.875 bits per heavy atom. The van der Waals surface area contributed by atoms with Crippen molar-refractivity contribution < 1.29 is 28.7 Å². The summed E-state index contributed by atoms with van der Waals surface area (Å²) < 4.78 is 11.2. The molecule has 0 unspecified atom stereocenters. The Bertz CT molecular complexity index is 972. The van der Waals surface area contributed by atoms with Crippen LogP contribution in [0.2, 0.25) is 0 Å². The minimum Gasteiger partial charge on any atom is -0.378 e. The first-order valence-electron chi connectivity index (χ1n) is 14.9.